The van der Waals surface area contributed by atoms with Gasteiger partial charge in [-0.25, -0.2) is 0 Å². The summed E-state index contributed by atoms with van der Waals surface area (Å²) in [7, 11) is 0. The molecule has 1 fully saturated rings. The minimum atomic E-state index is -0.334. The predicted molar refractivity (Wildman–Crippen MR) is 79.8 cm³/mol. The third kappa shape index (κ3) is 3.30. The van der Waals surface area contributed by atoms with E-state index < -0.39 is 0 Å². The lowest BCUT2D eigenvalue weighted by Crippen LogP contribution is -2.40. The minimum Gasteiger partial charge on any atom is -0.396 e. The summed E-state index contributed by atoms with van der Waals surface area (Å²) in [6.45, 7) is 1.98. The molecule has 1 heterocycles. The monoisotopic (exact) mass is 342 g/mol. The molecular weight excluding hydrogens is 324 g/mol. The summed E-state index contributed by atoms with van der Waals surface area (Å²) in [6.07, 6.45) is 4.98. The first kappa shape index (κ1) is 15.3. The highest BCUT2D eigenvalue weighted by Crippen LogP contribution is 2.23. The molecule has 0 bridgehead atoms. The van der Waals surface area contributed by atoms with Crippen LogP contribution in [0.4, 0.5) is 0 Å². The molecule has 20 heavy (non-hydrogen) atoms. The summed E-state index contributed by atoms with van der Waals surface area (Å²) in [4.78, 5) is 27.1. The molecule has 1 aromatic rings. The average Bonchev–Trinajstić information content (AvgIpc) is 2.45. The maximum absolute atomic E-state index is 12.1. The lowest BCUT2D eigenvalue weighted by molar-refractivity contribution is 0.0912. The molecule has 0 aromatic carbocycles. The van der Waals surface area contributed by atoms with Crippen LogP contribution in [0.2, 0.25) is 0 Å². The number of aryl methyl sites for hydroxylation is 1. The number of rotatable bonds is 3. The zero-order chi connectivity index (χ0) is 14.7. The molecule has 0 aliphatic heterocycles. The number of halogens is 1. The van der Waals surface area contributed by atoms with Crippen LogP contribution in [-0.2, 0) is 0 Å². The second-order valence-electron chi connectivity index (χ2n) is 5.34. The van der Waals surface area contributed by atoms with Gasteiger partial charge in [-0.3, -0.25) is 9.59 Å². The Bertz CT molecular complexity index is 548. The Morgan fingerprint density at radius 3 is 2.70 bits per heavy atom. The molecule has 3 N–H and O–H groups in total. The number of pyridine rings is 1. The number of carbonyl (C=O) groups is 1. The number of carbonyl (C=O) groups excluding carboxylic acids is 1. The Morgan fingerprint density at radius 2 is 2.10 bits per heavy atom. The van der Waals surface area contributed by atoms with Crippen LogP contribution in [0.15, 0.2) is 15.5 Å². The van der Waals surface area contributed by atoms with Crippen LogP contribution >= 0.6 is 15.9 Å². The molecule has 1 aliphatic rings. The van der Waals surface area contributed by atoms with Crippen LogP contribution in [0.1, 0.15) is 41.7 Å². The fraction of sp³-hybridized carbons (Fsp3) is 0.571. The molecule has 1 aliphatic carbocycles. The maximum Gasteiger partial charge on any atom is 0.257 e. The van der Waals surface area contributed by atoms with Crippen molar-refractivity contribution in [2.75, 3.05) is 6.61 Å². The van der Waals surface area contributed by atoms with Crippen LogP contribution in [0.3, 0.4) is 0 Å². The third-order valence-electron chi connectivity index (χ3n) is 3.89. The number of aromatic amines is 1. The van der Waals surface area contributed by atoms with Crippen LogP contribution < -0.4 is 10.7 Å². The molecule has 1 saturated carbocycles. The van der Waals surface area contributed by atoms with Crippen molar-refractivity contribution in [3.8, 4) is 0 Å². The van der Waals surface area contributed by atoms with Crippen molar-refractivity contribution < 1.29 is 9.90 Å². The van der Waals surface area contributed by atoms with E-state index in [0.717, 1.165) is 25.7 Å². The standard InChI is InChI=1S/C14H19BrN2O3/c1-8-12(15)13(19)11(6-16-8)14(20)17-10-4-2-9(7-18)3-5-10/h6,9-10,18H,2-5,7H2,1H3,(H,16,19)(H,17,20). The second kappa shape index (κ2) is 6.54. The molecule has 0 radical (unpaired) electrons. The van der Waals surface area contributed by atoms with E-state index >= 15 is 0 Å². The predicted octanol–water partition coefficient (Wildman–Crippen LogP) is 1.73. The largest absolute Gasteiger partial charge is 0.396 e. The summed E-state index contributed by atoms with van der Waals surface area (Å²) >= 11 is 3.19. The summed E-state index contributed by atoms with van der Waals surface area (Å²) in [5.41, 5.74) is 0.546. The van der Waals surface area contributed by atoms with Gasteiger partial charge in [-0.2, -0.15) is 0 Å². The van der Waals surface area contributed by atoms with Crippen molar-refractivity contribution in [2.24, 2.45) is 5.92 Å². The van der Waals surface area contributed by atoms with E-state index in [1.54, 1.807) is 6.92 Å². The Kier molecular flexibility index (Phi) is 4.99. The first-order chi connectivity index (χ1) is 9.52. The van der Waals surface area contributed by atoms with Crippen molar-refractivity contribution in [1.29, 1.82) is 0 Å². The number of hydrogen-bond acceptors (Lipinski definition) is 3. The quantitative estimate of drug-likeness (QED) is 0.782. The van der Waals surface area contributed by atoms with Crippen LogP contribution in [0.25, 0.3) is 0 Å². The van der Waals surface area contributed by atoms with Crippen molar-refractivity contribution >= 4 is 21.8 Å². The SMILES string of the molecule is Cc1[nH]cc(C(=O)NC2CCC(CO)CC2)c(=O)c1Br. The fourth-order valence-corrected chi connectivity index (χ4v) is 2.85. The second-order valence-corrected chi connectivity index (χ2v) is 6.14. The van der Waals surface area contributed by atoms with Crippen molar-refractivity contribution in [1.82, 2.24) is 10.3 Å². The normalized spacial score (nSPS) is 22.6. The first-order valence-electron chi connectivity index (χ1n) is 6.82. The molecule has 1 aromatic heterocycles. The van der Waals surface area contributed by atoms with E-state index in [1.807, 2.05) is 0 Å². The summed E-state index contributed by atoms with van der Waals surface area (Å²) in [5, 5.41) is 12.0. The van der Waals surface area contributed by atoms with Crippen LogP contribution in [0, 0.1) is 12.8 Å². The van der Waals surface area contributed by atoms with E-state index in [2.05, 4.69) is 26.2 Å². The number of aliphatic hydroxyl groups excluding tert-OH is 1. The van der Waals surface area contributed by atoms with Gasteiger partial charge < -0.3 is 15.4 Å². The molecule has 0 saturated heterocycles. The van der Waals surface area contributed by atoms with Gasteiger partial charge in [-0.05, 0) is 54.5 Å². The molecular formula is C14H19BrN2O3. The molecule has 0 atom stereocenters. The van der Waals surface area contributed by atoms with E-state index in [4.69, 9.17) is 5.11 Å². The fourth-order valence-electron chi connectivity index (χ4n) is 2.52. The summed E-state index contributed by atoms with van der Waals surface area (Å²) in [5.74, 6) is 0.0134. The first-order valence-corrected chi connectivity index (χ1v) is 7.61. The van der Waals surface area contributed by atoms with Crippen molar-refractivity contribution in [3.05, 3.63) is 32.2 Å². The average molecular weight is 343 g/mol. The molecule has 5 nitrogen and oxygen atoms in total. The van der Waals surface area contributed by atoms with Crippen molar-refractivity contribution in [2.45, 2.75) is 38.6 Å². The number of hydrogen-bond donors (Lipinski definition) is 3. The number of H-pyrrole nitrogens is 1. The van der Waals surface area contributed by atoms with Crippen LogP contribution in [0.5, 0.6) is 0 Å². The van der Waals surface area contributed by atoms with Gasteiger partial charge in [-0.15, -0.1) is 0 Å². The highest BCUT2D eigenvalue weighted by molar-refractivity contribution is 9.10. The molecule has 2 rings (SSSR count). The zero-order valence-corrected chi connectivity index (χ0v) is 13.0. The van der Waals surface area contributed by atoms with Gasteiger partial charge in [0.15, 0.2) is 0 Å². The van der Waals surface area contributed by atoms with Gasteiger partial charge in [0.1, 0.15) is 5.56 Å². The van der Waals surface area contributed by atoms with Gasteiger partial charge in [-0.1, -0.05) is 0 Å². The molecule has 1 amide bonds. The number of amides is 1. The zero-order valence-electron chi connectivity index (χ0n) is 11.4. The highest BCUT2D eigenvalue weighted by Gasteiger charge is 2.23. The Labute approximate surface area is 125 Å². The molecule has 0 spiro atoms. The Balaban J connectivity index is 2.03. The Hall–Kier alpha value is -1.14. The van der Waals surface area contributed by atoms with E-state index in [9.17, 15) is 9.59 Å². The lowest BCUT2D eigenvalue weighted by Gasteiger charge is -2.27. The Morgan fingerprint density at radius 1 is 1.45 bits per heavy atom. The van der Waals surface area contributed by atoms with E-state index in [1.165, 1.54) is 6.20 Å². The molecule has 110 valence electrons. The number of nitrogens with one attached hydrogen (secondary N) is 2. The molecule has 0 unspecified atom stereocenters. The van der Waals surface area contributed by atoms with Gasteiger partial charge in [0.2, 0.25) is 5.43 Å². The van der Waals surface area contributed by atoms with Crippen molar-refractivity contribution in [3.63, 3.8) is 0 Å². The molecule has 6 heteroatoms. The number of aliphatic hydroxyl groups is 1. The number of aromatic nitrogens is 1. The van der Waals surface area contributed by atoms with Gasteiger partial charge in [0, 0.05) is 24.5 Å². The third-order valence-corrected chi connectivity index (χ3v) is 4.85. The lowest BCUT2D eigenvalue weighted by atomic mass is 9.86. The topological polar surface area (TPSA) is 82.2 Å². The maximum atomic E-state index is 12.1. The minimum absolute atomic E-state index is 0.0878. The van der Waals surface area contributed by atoms with Gasteiger partial charge in [0.25, 0.3) is 5.91 Å². The highest BCUT2D eigenvalue weighted by atomic mass is 79.9. The summed E-state index contributed by atoms with van der Waals surface area (Å²) in [6, 6.07) is 0.0878. The summed E-state index contributed by atoms with van der Waals surface area (Å²) < 4.78 is 0.397. The van der Waals surface area contributed by atoms with E-state index in [0.29, 0.717) is 16.1 Å². The van der Waals surface area contributed by atoms with Gasteiger partial charge >= 0.3 is 0 Å². The van der Waals surface area contributed by atoms with E-state index in [-0.39, 0.29) is 29.5 Å². The smallest absolute Gasteiger partial charge is 0.257 e. The van der Waals surface area contributed by atoms with Gasteiger partial charge in [0.05, 0.1) is 4.47 Å². The van der Waals surface area contributed by atoms with Crippen LogP contribution in [-0.4, -0.2) is 28.6 Å².